The van der Waals surface area contributed by atoms with Gasteiger partial charge >= 0.3 is 0 Å². The van der Waals surface area contributed by atoms with Gasteiger partial charge in [0.05, 0.1) is 0 Å². The summed E-state index contributed by atoms with van der Waals surface area (Å²) in [7, 11) is 2.13. The largest absolute Gasteiger partial charge is 0.319 e. The first-order valence-electron chi connectivity index (χ1n) is 8.46. The molecule has 1 heterocycles. The molecule has 118 valence electrons. The molecular weight excluding hydrogens is 264 g/mol. The van der Waals surface area contributed by atoms with Crippen molar-refractivity contribution < 1.29 is 0 Å². The maximum atomic E-state index is 3.48. The van der Waals surface area contributed by atoms with E-state index in [1.807, 2.05) is 0 Å². The summed E-state index contributed by atoms with van der Waals surface area (Å²) < 4.78 is 0.478. The Hall–Kier alpha value is 0.270. The summed E-state index contributed by atoms with van der Waals surface area (Å²) in [5.41, 5.74) is 0.542. The van der Waals surface area contributed by atoms with E-state index in [4.69, 9.17) is 0 Å². The van der Waals surface area contributed by atoms with Gasteiger partial charge in [0.15, 0.2) is 0 Å². The molecule has 0 spiro atoms. The van der Waals surface area contributed by atoms with Crippen molar-refractivity contribution in [2.24, 2.45) is 11.3 Å². The van der Waals surface area contributed by atoms with Crippen molar-refractivity contribution in [3.05, 3.63) is 0 Å². The van der Waals surface area contributed by atoms with Crippen LogP contribution in [0.25, 0.3) is 0 Å². The molecule has 0 aromatic heterocycles. The predicted molar refractivity (Wildman–Crippen MR) is 91.6 cm³/mol. The normalized spacial score (nSPS) is 35.7. The first-order chi connectivity index (χ1) is 9.45. The number of rotatable bonds is 4. The number of hydrogen-bond acceptors (Lipinski definition) is 3. The van der Waals surface area contributed by atoms with Gasteiger partial charge in [-0.05, 0) is 44.2 Å². The molecule has 1 aliphatic carbocycles. The Morgan fingerprint density at radius 1 is 1.15 bits per heavy atom. The lowest BCUT2D eigenvalue weighted by atomic mass is 9.70. The molecule has 2 fully saturated rings. The van der Waals surface area contributed by atoms with Crippen LogP contribution in [0, 0.1) is 11.3 Å². The van der Waals surface area contributed by atoms with E-state index in [0.29, 0.717) is 10.2 Å². The van der Waals surface area contributed by atoms with Gasteiger partial charge in [0.25, 0.3) is 0 Å². The zero-order valence-electron chi connectivity index (χ0n) is 14.0. The van der Waals surface area contributed by atoms with Crippen LogP contribution >= 0.6 is 11.8 Å². The second-order valence-corrected chi connectivity index (χ2v) is 9.65. The van der Waals surface area contributed by atoms with Crippen LogP contribution in [0.15, 0.2) is 0 Å². The Morgan fingerprint density at radius 3 is 2.50 bits per heavy atom. The van der Waals surface area contributed by atoms with Crippen molar-refractivity contribution in [2.75, 3.05) is 39.0 Å². The highest BCUT2D eigenvalue weighted by Crippen LogP contribution is 2.40. The van der Waals surface area contributed by atoms with E-state index in [0.717, 1.165) is 5.92 Å². The summed E-state index contributed by atoms with van der Waals surface area (Å²) in [5.74, 6) is 2.25. The Morgan fingerprint density at radius 2 is 1.85 bits per heavy atom. The summed E-state index contributed by atoms with van der Waals surface area (Å²) in [6.45, 7) is 12.3. The minimum Gasteiger partial charge on any atom is -0.319 e. The SMILES string of the molecule is CNCC1(CN2CCSC(C)(C)CC2)CCC(C)CC1. The molecule has 0 aromatic carbocycles. The number of nitrogens with one attached hydrogen (secondary N) is 1. The van der Waals surface area contributed by atoms with Crippen LogP contribution in [0.2, 0.25) is 0 Å². The number of hydrogen-bond donors (Lipinski definition) is 1. The topological polar surface area (TPSA) is 15.3 Å². The van der Waals surface area contributed by atoms with E-state index in [2.05, 4.69) is 49.8 Å². The monoisotopic (exact) mass is 298 g/mol. The van der Waals surface area contributed by atoms with Crippen molar-refractivity contribution in [3.63, 3.8) is 0 Å². The van der Waals surface area contributed by atoms with Crippen LogP contribution in [-0.4, -0.2) is 48.6 Å². The maximum Gasteiger partial charge on any atom is 0.0116 e. The van der Waals surface area contributed by atoms with Gasteiger partial charge in [-0.15, -0.1) is 0 Å². The van der Waals surface area contributed by atoms with Crippen LogP contribution in [-0.2, 0) is 0 Å². The standard InChI is InChI=1S/C17H34N2S/c1-15-5-7-17(8-6-15,13-18-4)14-19-10-9-16(2,3)20-12-11-19/h15,18H,5-14H2,1-4H3. The second kappa shape index (κ2) is 7.02. The lowest BCUT2D eigenvalue weighted by Gasteiger charge is -2.42. The molecule has 2 aliphatic rings. The third-order valence-corrected chi connectivity index (χ3v) is 6.75. The van der Waals surface area contributed by atoms with Gasteiger partial charge < -0.3 is 10.2 Å². The van der Waals surface area contributed by atoms with E-state index in [1.54, 1.807) is 0 Å². The van der Waals surface area contributed by atoms with Crippen LogP contribution in [0.3, 0.4) is 0 Å². The van der Waals surface area contributed by atoms with E-state index in [-0.39, 0.29) is 0 Å². The summed E-state index contributed by atoms with van der Waals surface area (Å²) in [6, 6.07) is 0. The molecule has 1 saturated carbocycles. The quantitative estimate of drug-likeness (QED) is 0.853. The minimum atomic E-state index is 0.478. The molecule has 3 heteroatoms. The average Bonchev–Trinajstić information content (AvgIpc) is 2.55. The Kier molecular flexibility index (Phi) is 5.84. The van der Waals surface area contributed by atoms with Crippen LogP contribution in [0.1, 0.15) is 52.9 Å². The van der Waals surface area contributed by atoms with Crippen LogP contribution in [0.4, 0.5) is 0 Å². The molecule has 20 heavy (non-hydrogen) atoms. The molecule has 1 aliphatic heterocycles. The van der Waals surface area contributed by atoms with Crippen molar-refractivity contribution >= 4 is 11.8 Å². The highest BCUT2D eigenvalue weighted by Gasteiger charge is 2.36. The fourth-order valence-electron chi connectivity index (χ4n) is 3.84. The third-order valence-electron chi connectivity index (χ3n) is 5.38. The van der Waals surface area contributed by atoms with Gasteiger partial charge in [-0.3, -0.25) is 0 Å². The summed E-state index contributed by atoms with van der Waals surface area (Å²) >= 11 is 2.16. The summed E-state index contributed by atoms with van der Waals surface area (Å²) in [6.07, 6.45) is 7.03. The Labute approximate surface area is 130 Å². The predicted octanol–water partition coefficient (Wildman–Crippen LogP) is 3.62. The fourth-order valence-corrected chi connectivity index (χ4v) is 4.97. The number of thioether (sulfide) groups is 1. The lowest BCUT2D eigenvalue weighted by molar-refractivity contribution is 0.0907. The molecule has 0 amide bonds. The fraction of sp³-hybridized carbons (Fsp3) is 1.00. The zero-order chi connectivity index (χ0) is 14.6. The summed E-state index contributed by atoms with van der Waals surface area (Å²) in [5, 5.41) is 3.48. The molecule has 1 N–H and O–H groups in total. The highest BCUT2D eigenvalue weighted by molar-refractivity contribution is 8.00. The van der Waals surface area contributed by atoms with Gasteiger partial charge in [0.2, 0.25) is 0 Å². The van der Waals surface area contributed by atoms with Crippen LogP contribution < -0.4 is 5.32 Å². The Bertz CT molecular complexity index is 295. The van der Waals surface area contributed by atoms with Gasteiger partial charge in [-0.1, -0.05) is 33.6 Å². The van der Waals surface area contributed by atoms with Crippen LogP contribution in [0.5, 0.6) is 0 Å². The Balaban J connectivity index is 1.94. The van der Waals surface area contributed by atoms with Gasteiger partial charge in [-0.25, -0.2) is 0 Å². The molecule has 0 bridgehead atoms. The average molecular weight is 299 g/mol. The van der Waals surface area contributed by atoms with Gasteiger partial charge in [-0.2, -0.15) is 11.8 Å². The van der Waals surface area contributed by atoms with E-state index in [1.165, 1.54) is 64.0 Å². The molecule has 0 unspecified atom stereocenters. The number of nitrogens with zero attached hydrogens (tertiary/aromatic N) is 1. The highest BCUT2D eigenvalue weighted by atomic mass is 32.2. The first kappa shape index (κ1) is 16.6. The maximum absolute atomic E-state index is 3.48. The first-order valence-corrected chi connectivity index (χ1v) is 9.44. The molecule has 0 atom stereocenters. The van der Waals surface area contributed by atoms with Crippen molar-refractivity contribution in [2.45, 2.75) is 57.6 Å². The zero-order valence-corrected chi connectivity index (χ0v) is 14.8. The van der Waals surface area contributed by atoms with E-state index >= 15 is 0 Å². The van der Waals surface area contributed by atoms with Crippen molar-refractivity contribution in [1.29, 1.82) is 0 Å². The smallest absolute Gasteiger partial charge is 0.0116 e. The van der Waals surface area contributed by atoms with Gasteiger partial charge in [0.1, 0.15) is 0 Å². The molecule has 1 saturated heterocycles. The van der Waals surface area contributed by atoms with Crippen molar-refractivity contribution in [3.8, 4) is 0 Å². The molecule has 2 nitrogen and oxygen atoms in total. The van der Waals surface area contributed by atoms with Gasteiger partial charge in [0, 0.05) is 30.1 Å². The molecule has 2 rings (SSSR count). The summed E-state index contributed by atoms with van der Waals surface area (Å²) in [4.78, 5) is 2.76. The molecular formula is C17H34N2S. The second-order valence-electron chi connectivity index (χ2n) is 7.85. The molecule has 0 radical (unpaired) electrons. The van der Waals surface area contributed by atoms with E-state index < -0.39 is 0 Å². The molecule has 0 aromatic rings. The lowest BCUT2D eigenvalue weighted by Crippen LogP contribution is -2.46. The third kappa shape index (κ3) is 4.64. The van der Waals surface area contributed by atoms with E-state index in [9.17, 15) is 0 Å². The minimum absolute atomic E-state index is 0.478. The van der Waals surface area contributed by atoms with Crippen molar-refractivity contribution in [1.82, 2.24) is 10.2 Å².